The topological polar surface area (TPSA) is 40.5 Å². The molecule has 1 rings (SSSR count). The van der Waals surface area contributed by atoms with Crippen LogP contribution in [0.2, 0.25) is 0 Å². The Labute approximate surface area is 70.8 Å². The van der Waals surface area contributed by atoms with Crippen molar-refractivity contribution in [2.45, 2.75) is 18.4 Å². The van der Waals surface area contributed by atoms with E-state index in [1.807, 2.05) is 0 Å². The molecule has 0 aromatic rings. The summed E-state index contributed by atoms with van der Waals surface area (Å²) in [7, 11) is 0. The third kappa shape index (κ3) is 1.89. The largest absolute Gasteiger partial charge is 0.415 e. The van der Waals surface area contributed by atoms with E-state index in [-0.39, 0.29) is 0 Å². The highest BCUT2D eigenvalue weighted by Crippen LogP contribution is 2.33. The molecule has 0 heterocycles. The second kappa shape index (κ2) is 3.12. The van der Waals surface area contributed by atoms with E-state index in [0.29, 0.717) is 12.2 Å². The summed E-state index contributed by atoms with van der Waals surface area (Å²) >= 11 is 0. The van der Waals surface area contributed by atoms with Gasteiger partial charge < -0.3 is 10.2 Å². The molecule has 0 spiro atoms. The quantitative estimate of drug-likeness (QED) is 0.571. The lowest BCUT2D eigenvalue weighted by Gasteiger charge is -2.23. The van der Waals surface area contributed by atoms with Crippen LogP contribution in [0.3, 0.4) is 0 Å². The van der Waals surface area contributed by atoms with Crippen LogP contribution in [0, 0.1) is 0 Å². The molecule has 0 radical (unpaired) electrons. The zero-order valence-electron chi connectivity index (χ0n) is 6.22. The summed E-state index contributed by atoms with van der Waals surface area (Å²) in [5.41, 5.74) is -1.35. The molecule has 2 nitrogen and oxygen atoms in total. The summed E-state index contributed by atoms with van der Waals surface area (Å²) in [6.07, 6.45) is -8.23. The predicted molar refractivity (Wildman–Crippen MR) is 35.3 cm³/mol. The molecule has 74 valence electrons. The molecule has 1 aliphatic rings. The first kappa shape index (κ1) is 10.2. The maximum atomic E-state index is 12.4. The van der Waals surface area contributed by atoms with E-state index in [1.54, 1.807) is 0 Å². The lowest BCUT2D eigenvalue weighted by atomic mass is 9.98. The van der Waals surface area contributed by atoms with Crippen molar-refractivity contribution >= 4 is 0 Å². The average molecular weight is 198 g/mol. The molecule has 0 fully saturated rings. The van der Waals surface area contributed by atoms with Crippen molar-refractivity contribution in [3.05, 3.63) is 23.6 Å². The molecule has 0 saturated heterocycles. The number of rotatable bonds is 0. The van der Waals surface area contributed by atoms with Crippen LogP contribution in [0.1, 0.15) is 0 Å². The number of hydrogen-bond acceptors (Lipinski definition) is 2. The summed E-state index contributed by atoms with van der Waals surface area (Å²) in [5.74, 6) is -1.18. The van der Waals surface area contributed by atoms with Crippen molar-refractivity contribution in [1.82, 2.24) is 0 Å². The second-order valence-electron chi connectivity index (χ2n) is 2.56. The Morgan fingerprint density at radius 2 is 1.62 bits per heavy atom. The Balaban J connectivity index is 3.01. The lowest BCUT2D eigenvalue weighted by molar-refractivity contribution is -0.114. The number of alkyl halides is 3. The summed E-state index contributed by atoms with van der Waals surface area (Å²) in [4.78, 5) is 0. The molecule has 0 bridgehead atoms. The molecule has 0 unspecified atom stereocenters. The van der Waals surface area contributed by atoms with Gasteiger partial charge >= 0.3 is 6.18 Å². The van der Waals surface area contributed by atoms with Gasteiger partial charge in [-0.15, -0.1) is 0 Å². The number of halogens is 4. The van der Waals surface area contributed by atoms with Gasteiger partial charge in [0.1, 0.15) is 18.0 Å². The van der Waals surface area contributed by atoms with E-state index in [9.17, 15) is 17.6 Å². The van der Waals surface area contributed by atoms with Gasteiger partial charge in [0, 0.05) is 0 Å². The summed E-state index contributed by atoms with van der Waals surface area (Å²) in [6, 6.07) is 0. The number of allylic oxidation sites excluding steroid dienone is 2. The van der Waals surface area contributed by atoms with Gasteiger partial charge in [-0.25, -0.2) is 4.39 Å². The Bertz CT molecular complexity index is 266. The molecule has 2 N–H and O–H groups in total. The maximum absolute atomic E-state index is 12.4. The highest BCUT2D eigenvalue weighted by molar-refractivity contribution is 5.31. The minimum absolute atomic E-state index is 0.409. The van der Waals surface area contributed by atoms with Gasteiger partial charge in [-0.1, -0.05) is 0 Å². The fourth-order valence-corrected chi connectivity index (χ4v) is 0.950. The van der Waals surface area contributed by atoms with Crippen LogP contribution in [-0.4, -0.2) is 28.6 Å². The third-order valence-electron chi connectivity index (χ3n) is 1.65. The van der Waals surface area contributed by atoms with Gasteiger partial charge in [0.25, 0.3) is 0 Å². The van der Waals surface area contributed by atoms with Gasteiger partial charge in [-0.05, 0) is 12.2 Å². The number of aliphatic hydroxyl groups excluding tert-OH is 2. The average Bonchev–Trinajstić information content (AvgIpc) is 1.98. The maximum Gasteiger partial charge on any atom is 0.415 e. The smallest absolute Gasteiger partial charge is 0.385 e. The first-order valence-corrected chi connectivity index (χ1v) is 3.34. The molecule has 0 aliphatic heterocycles. The van der Waals surface area contributed by atoms with Gasteiger partial charge in [0.15, 0.2) is 0 Å². The van der Waals surface area contributed by atoms with Gasteiger partial charge in [0.2, 0.25) is 0 Å². The van der Waals surface area contributed by atoms with Crippen molar-refractivity contribution in [3.8, 4) is 0 Å². The number of hydrogen-bond donors (Lipinski definition) is 2. The van der Waals surface area contributed by atoms with Crippen molar-refractivity contribution < 1.29 is 27.8 Å². The highest BCUT2D eigenvalue weighted by atomic mass is 19.4. The zero-order chi connectivity index (χ0) is 10.2. The molecule has 0 amide bonds. The van der Waals surface area contributed by atoms with Crippen LogP contribution in [0.4, 0.5) is 17.6 Å². The highest BCUT2D eigenvalue weighted by Gasteiger charge is 2.43. The fraction of sp³-hybridized carbons (Fsp3) is 0.429. The zero-order valence-corrected chi connectivity index (χ0v) is 6.22. The standard InChI is InChI=1S/C7H6F4O2/c8-4-2-1-3(7(9,10)11)5(12)6(4)13/h1-2,5-6,12-13H/t5-,6+/m0/s1. The molecule has 13 heavy (non-hydrogen) atoms. The SMILES string of the molecule is O[C@@H]1C(F)=CC=C(C(F)(F)F)[C@@H]1O. The molecule has 0 saturated carbocycles. The first-order chi connectivity index (χ1) is 5.84. The van der Waals surface area contributed by atoms with Gasteiger partial charge in [-0.3, -0.25) is 0 Å². The molecular weight excluding hydrogens is 192 g/mol. The molecule has 6 heteroatoms. The molecule has 2 atom stereocenters. The van der Waals surface area contributed by atoms with Crippen LogP contribution in [-0.2, 0) is 0 Å². The van der Waals surface area contributed by atoms with Crippen LogP contribution < -0.4 is 0 Å². The van der Waals surface area contributed by atoms with Crippen molar-refractivity contribution in [2.24, 2.45) is 0 Å². The van der Waals surface area contributed by atoms with E-state index < -0.39 is 29.8 Å². The number of aliphatic hydroxyl groups is 2. The summed E-state index contributed by atoms with van der Waals surface area (Å²) in [6.45, 7) is 0. The van der Waals surface area contributed by atoms with E-state index in [0.717, 1.165) is 0 Å². The molecular formula is C7H6F4O2. The van der Waals surface area contributed by atoms with E-state index in [4.69, 9.17) is 10.2 Å². The van der Waals surface area contributed by atoms with E-state index >= 15 is 0 Å². The summed E-state index contributed by atoms with van der Waals surface area (Å²) < 4.78 is 48.4. The normalized spacial score (nSPS) is 29.7. The Morgan fingerprint density at radius 3 is 2.08 bits per heavy atom. The van der Waals surface area contributed by atoms with Crippen LogP contribution >= 0.6 is 0 Å². The lowest BCUT2D eigenvalue weighted by Crippen LogP contribution is -2.36. The van der Waals surface area contributed by atoms with Crippen molar-refractivity contribution in [1.29, 1.82) is 0 Å². The van der Waals surface area contributed by atoms with Crippen molar-refractivity contribution in [3.63, 3.8) is 0 Å². The Kier molecular flexibility index (Phi) is 2.44. The predicted octanol–water partition coefficient (Wildman–Crippen LogP) is 1.06. The molecule has 0 aromatic carbocycles. The minimum Gasteiger partial charge on any atom is -0.385 e. The van der Waals surface area contributed by atoms with Crippen LogP contribution in [0.25, 0.3) is 0 Å². The van der Waals surface area contributed by atoms with Crippen molar-refractivity contribution in [2.75, 3.05) is 0 Å². The third-order valence-corrected chi connectivity index (χ3v) is 1.65. The fourth-order valence-electron chi connectivity index (χ4n) is 0.950. The minimum atomic E-state index is -4.75. The van der Waals surface area contributed by atoms with Gasteiger partial charge in [0.05, 0.1) is 5.57 Å². The summed E-state index contributed by atoms with van der Waals surface area (Å²) in [5, 5.41) is 17.6. The molecule has 1 aliphatic carbocycles. The van der Waals surface area contributed by atoms with Crippen LogP contribution in [0.15, 0.2) is 23.6 Å². The van der Waals surface area contributed by atoms with Gasteiger partial charge in [-0.2, -0.15) is 13.2 Å². The monoisotopic (exact) mass is 198 g/mol. The Hall–Kier alpha value is -0.880. The molecule has 0 aromatic heterocycles. The first-order valence-electron chi connectivity index (χ1n) is 3.34. The Morgan fingerprint density at radius 1 is 1.08 bits per heavy atom. The van der Waals surface area contributed by atoms with Crippen LogP contribution in [0.5, 0.6) is 0 Å². The second-order valence-corrected chi connectivity index (χ2v) is 2.56. The van der Waals surface area contributed by atoms with E-state index in [2.05, 4.69) is 0 Å². The van der Waals surface area contributed by atoms with E-state index in [1.165, 1.54) is 0 Å².